The van der Waals surface area contributed by atoms with Gasteiger partial charge in [0.2, 0.25) is 0 Å². The number of aromatic nitrogens is 2. The molecule has 2 heterocycles. The van der Waals surface area contributed by atoms with Gasteiger partial charge in [-0.15, -0.1) is 0 Å². The van der Waals surface area contributed by atoms with Crippen LogP contribution >= 0.6 is 0 Å². The van der Waals surface area contributed by atoms with Crippen LogP contribution in [0.5, 0.6) is 0 Å². The number of hydrazine groups is 1. The van der Waals surface area contributed by atoms with Crippen molar-refractivity contribution in [3.8, 4) is 0 Å². The Morgan fingerprint density at radius 1 is 1.68 bits per heavy atom. The Hall–Kier alpha value is -1.52. The largest absolute Gasteiger partial charge is 0.394 e. The molecule has 9 heteroatoms. The lowest BCUT2D eigenvalue weighted by Crippen LogP contribution is -2.46. The van der Waals surface area contributed by atoms with Gasteiger partial charge in [0.25, 0.3) is 0 Å². The Labute approximate surface area is 108 Å². The molecule has 1 aromatic heterocycles. The number of nitrogen functional groups attached to an aromatic ring is 1. The van der Waals surface area contributed by atoms with E-state index in [1.807, 2.05) is 0 Å². The molecule has 0 aromatic carbocycles. The van der Waals surface area contributed by atoms with E-state index in [0.29, 0.717) is 0 Å². The first-order chi connectivity index (χ1) is 8.91. The zero-order valence-electron chi connectivity index (χ0n) is 10.2. The van der Waals surface area contributed by atoms with Crippen molar-refractivity contribution < 1.29 is 20.1 Å². The molecule has 19 heavy (non-hydrogen) atoms. The summed E-state index contributed by atoms with van der Waals surface area (Å²) in [5.74, 6) is 5.29. The van der Waals surface area contributed by atoms with Crippen LogP contribution in [0.1, 0.15) is 13.2 Å². The average Bonchev–Trinajstić information content (AvgIpc) is 2.61. The normalized spacial score (nSPS) is 34.5. The molecule has 106 valence electrons. The number of rotatable bonds is 3. The summed E-state index contributed by atoms with van der Waals surface area (Å²) in [7, 11) is 0. The zero-order valence-corrected chi connectivity index (χ0v) is 10.2. The standard InChI is InChI=1S/C10H16N4O5/c1-10(18)7(16)5(4-15)19-8(10)14-3-2-6(13-11)12-9(14)17/h2-3,5,7-8,15-16,18H,4,11H2,1H3,(H,12,13,17)/t5?,7-,8?,10-/m1/s1. The van der Waals surface area contributed by atoms with Crippen LogP contribution < -0.4 is 17.0 Å². The summed E-state index contributed by atoms with van der Waals surface area (Å²) in [4.78, 5) is 15.4. The first-order valence-electron chi connectivity index (χ1n) is 5.64. The number of ether oxygens (including phenoxy) is 1. The maximum atomic E-state index is 11.8. The Morgan fingerprint density at radius 2 is 2.37 bits per heavy atom. The van der Waals surface area contributed by atoms with E-state index in [0.717, 1.165) is 4.57 Å². The minimum absolute atomic E-state index is 0.165. The third kappa shape index (κ3) is 2.22. The van der Waals surface area contributed by atoms with Crippen molar-refractivity contribution in [1.82, 2.24) is 9.55 Å². The van der Waals surface area contributed by atoms with E-state index in [9.17, 15) is 15.0 Å². The molecule has 0 amide bonds. The number of hydrogen-bond donors (Lipinski definition) is 5. The van der Waals surface area contributed by atoms with Gasteiger partial charge in [0, 0.05) is 6.20 Å². The molecular formula is C10H16N4O5. The van der Waals surface area contributed by atoms with Crippen LogP contribution in [0, 0.1) is 0 Å². The Balaban J connectivity index is 2.39. The number of nitrogens with zero attached hydrogens (tertiary/aromatic N) is 2. The second-order valence-electron chi connectivity index (χ2n) is 4.53. The number of hydrogen-bond acceptors (Lipinski definition) is 8. The van der Waals surface area contributed by atoms with Crippen molar-refractivity contribution in [1.29, 1.82) is 0 Å². The monoisotopic (exact) mass is 272 g/mol. The SMILES string of the molecule is C[C@]1(O)C(n2ccc(NN)nc2=O)OC(CO)[C@H]1O. The van der Waals surface area contributed by atoms with Crippen LogP contribution in [0.4, 0.5) is 5.82 Å². The lowest BCUT2D eigenvalue weighted by Gasteiger charge is -2.27. The Morgan fingerprint density at radius 3 is 2.84 bits per heavy atom. The Bertz CT molecular complexity index is 517. The molecule has 9 nitrogen and oxygen atoms in total. The van der Waals surface area contributed by atoms with Crippen LogP contribution in [0.2, 0.25) is 0 Å². The van der Waals surface area contributed by atoms with Gasteiger partial charge in [-0.3, -0.25) is 4.57 Å². The van der Waals surface area contributed by atoms with Crippen LogP contribution in [-0.2, 0) is 4.74 Å². The molecule has 1 saturated heterocycles. The van der Waals surface area contributed by atoms with Crippen LogP contribution in [-0.4, -0.2) is 49.3 Å². The lowest BCUT2D eigenvalue weighted by atomic mass is 9.96. The molecule has 0 saturated carbocycles. The van der Waals surface area contributed by atoms with Gasteiger partial charge in [-0.2, -0.15) is 4.98 Å². The highest BCUT2D eigenvalue weighted by molar-refractivity contribution is 5.29. The summed E-state index contributed by atoms with van der Waals surface area (Å²) in [5.41, 5.74) is -0.210. The fourth-order valence-electron chi connectivity index (χ4n) is 2.06. The molecule has 2 unspecified atom stereocenters. The highest BCUT2D eigenvalue weighted by atomic mass is 16.6. The second-order valence-corrected chi connectivity index (χ2v) is 4.53. The van der Waals surface area contributed by atoms with Gasteiger partial charge in [-0.1, -0.05) is 0 Å². The summed E-state index contributed by atoms with van der Waals surface area (Å²) < 4.78 is 6.33. The van der Waals surface area contributed by atoms with Crippen LogP contribution in [0.15, 0.2) is 17.1 Å². The summed E-state index contributed by atoms with van der Waals surface area (Å²) >= 11 is 0. The molecule has 0 aliphatic carbocycles. The predicted octanol–water partition coefficient (Wildman–Crippen LogP) is -2.47. The van der Waals surface area contributed by atoms with E-state index in [1.54, 1.807) is 0 Å². The van der Waals surface area contributed by atoms with Gasteiger partial charge in [0.15, 0.2) is 6.23 Å². The molecule has 1 aliphatic rings. The van der Waals surface area contributed by atoms with Crippen LogP contribution in [0.25, 0.3) is 0 Å². The van der Waals surface area contributed by atoms with E-state index >= 15 is 0 Å². The van der Waals surface area contributed by atoms with Gasteiger partial charge in [-0.05, 0) is 13.0 Å². The second kappa shape index (κ2) is 4.87. The van der Waals surface area contributed by atoms with E-state index < -0.39 is 36.3 Å². The van der Waals surface area contributed by atoms with E-state index in [4.69, 9.17) is 15.7 Å². The predicted molar refractivity (Wildman–Crippen MR) is 63.9 cm³/mol. The maximum absolute atomic E-state index is 11.8. The van der Waals surface area contributed by atoms with E-state index in [1.165, 1.54) is 19.2 Å². The first kappa shape index (κ1) is 13.9. The molecule has 1 fully saturated rings. The number of nitrogens with two attached hydrogens (primary N) is 1. The van der Waals surface area contributed by atoms with Crippen molar-refractivity contribution in [2.75, 3.05) is 12.0 Å². The number of anilines is 1. The third-order valence-corrected chi connectivity index (χ3v) is 3.17. The van der Waals surface area contributed by atoms with Crippen molar-refractivity contribution in [3.05, 3.63) is 22.7 Å². The first-order valence-corrected chi connectivity index (χ1v) is 5.64. The maximum Gasteiger partial charge on any atom is 0.351 e. The molecule has 6 N–H and O–H groups in total. The Kier molecular flexibility index (Phi) is 3.56. The van der Waals surface area contributed by atoms with Crippen molar-refractivity contribution in [3.63, 3.8) is 0 Å². The van der Waals surface area contributed by atoms with Gasteiger partial charge in [0.05, 0.1) is 6.61 Å². The van der Waals surface area contributed by atoms with Gasteiger partial charge < -0.3 is 25.5 Å². The van der Waals surface area contributed by atoms with Crippen molar-refractivity contribution in [2.24, 2.45) is 5.84 Å². The van der Waals surface area contributed by atoms with Gasteiger partial charge in [-0.25, -0.2) is 10.6 Å². The topological polar surface area (TPSA) is 143 Å². The summed E-state index contributed by atoms with van der Waals surface area (Å²) in [6.07, 6.45) is -2.11. The van der Waals surface area contributed by atoms with Crippen LogP contribution in [0.3, 0.4) is 0 Å². The fraction of sp³-hybridized carbons (Fsp3) is 0.600. The smallest absolute Gasteiger partial charge is 0.351 e. The molecule has 4 atom stereocenters. The van der Waals surface area contributed by atoms with Crippen molar-refractivity contribution >= 4 is 5.82 Å². The lowest BCUT2D eigenvalue weighted by molar-refractivity contribution is -0.0986. The molecule has 1 aromatic rings. The van der Waals surface area contributed by atoms with Crippen molar-refractivity contribution in [2.45, 2.75) is 31.0 Å². The molecule has 0 spiro atoms. The molecule has 1 aliphatic heterocycles. The van der Waals surface area contributed by atoms with E-state index in [-0.39, 0.29) is 5.82 Å². The average molecular weight is 272 g/mol. The summed E-state index contributed by atoms with van der Waals surface area (Å²) in [6.45, 7) is 0.845. The highest BCUT2D eigenvalue weighted by Gasteiger charge is 2.53. The van der Waals surface area contributed by atoms with Gasteiger partial charge >= 0.3 is 5.69 Å². The minimum Gasteiger partial charge on any atom is -0.394 e. The summed E-state index contributed by atoms with van der Waals surface area (Å²) in [5, 5.41) is 29.1. The number of aliphatic hydroxyl groups excluding tert-OH is 2. The molecule has 2 rings (SSSR count). The fourth-order valence-corrected chi connectivity index (χ4v) is 2.06. The number of nitrogens with one attached hydrogen (secondary N) is 1. The summed E-state index contributed by atoms with van der Waals surface area (Å²) in [6, 6.07) is 1.42. The minimum atomic E-state index is -1.73. The quantitative estimate of drug-likeness (QED) is 0.301. The third-order valence-electron chi connectivity index (χ3n) is 3.17. The highest BCUT2D eigenvalue weighted by Crippen LogP contribution is 2.37. The van der Waals surface area contributed by atoms with Gasteiger partial charge in [0.1, 0.15) is 23.6 Å². The molecule has 0 bridgehead atoms. The van der Waals surface area contributed by atoms with E-state index in [2.05, 4.69) is 10.4 Å². The zero-order chi connectivity index (χ0) is 14.2. The molecule has 0 radical (unpaired) electrons. The molecular weight excluding hydrogens is 256 g/mol. The number of aliphatic hydroxyl groups is 3.